The molecule has 0 heterocycles. The number of carbonyl (C=O) groups is 2. The Morgan fingerprint density at radius 2 is 1.47 bits per heavy atom. The topological polar surface area (TPSA) is 67.4 Å². The van der Waals surface area contributed by atoms with Gasteiger partial charge in [-0.1, -0.05) is 26.0 Å². The highest BCUT2D eigenvalue weighted by Gasteiger charge is 2.75. The lowest BCUT2D eigenvalue weighted by Gasteiger charge is -2.43. The van der Waals surface area contributed by atoms with E-state index in [1.54, 1.807) is 0 Å². The van der Waals surface area contributed by atoms with Gasteiger partial charge in [-0.15, -0.1) is 0 Å². The molecule has 0 radical (unpaired) electrons. The molecule has 1 aliphatic carbocycles. The second-order valence-corrected chi connectivity index (χ2v) is 9.70. The van der Waals surface area contributed by atoms with Gasteiger partial charge in [-0.3, -0.25) is 9.59 Å². The van der Waals surface area contributed by atoms with Gasteiger partial charge in [0, 0.05) is 24.2 Å². The van der Waals surface area contributed by atoms with Crippen molar-refractivity contribution in [3.05, 3.63) is 76.7 Å². The van der Waals surface area contributed by atoms with E-state index in [2.05, 4.69) is 5.32 Å². The molecule has 0 bridgehead atoms. The fourth-order valence-corrected chi connectivity index (χ4v) is 4.35. The van der Waals surface area contributed by atoms with Crippen molar-refractivity contribution in [1.29, 1.82) is 0 Å². The molecule has 1 amide bonds. The molecule has 0 atom stereocenters. The van der Waals surface area contributed by atoms with Gasteiger partial charge in [0.2, 0.25) is 0 Å². The largest absolute Gasteiger partial charge is 0.497 e. The van der Waals surface area contributed by atoms with Gasteiger partial charge >= 0.3 is 12.4 Å². The summed E-state index contributed by atoms with van der Waals surface area (Å²) in [5, 5.41) is 3.67. The third-order valence-electron chi connectivity index (χ3n) is 6.17. The van der Waals surface area contributed by atoms with Gasteiger partial charge in [-0.2, -0.15) is 26.3 Å². The number of carbonyl (C=O) groups excluding carboxylic acids is 2. The van der Waals surface area contributed by atoms with Crippen LogP contribution in [0.5, 0.6) is 5.75 Å². The molecule has 2 N–H and O–H groups in total. The van der Waals surface area contributed by atoms with E-state index in [0.29, 0.717) is 5.56 Å². The summed E-state index contributed by atoms with van der Waals surface area (Å²) < 4.78 is 106. The molecular weight excluding hydrogens is 521 g/mol. The highest BCUT2D eigenvalue weighted by Crippen LogP contribution is 2.52. The van der Waals surface area contributed by atoms with E-state index < -0.39 is 64.1 Å². The maximum Gasteiger partial charge on any atom is 0.425 e. The molecule has 1 aliphatic rings. The predicted octanol–water partition coefficient (Wildman–Crippen LogP) is 5.86. The number of ketones is 1. The number of methoxy groups -OCH3 is 1. The number of ether oxygens (including phenoxy) is 1. The first kappa shape index (κ1) is 29.0. The number of amides is 1. The highest BCUT2D eigenvalue weighted by atomic mass is 19.4. The van der Waals surface area contributed by atoms with Gasteiger partial charge in [0.1, 0.15) is 11.6 Å². The summed E-state index contributed by atoms with van der Waals surface area (Å²) in [6.45, 7) is 2.76. The maximum atomic E-state index is 14.6. The van der Waals surface area contributed by atoms with Gasteiger partial charge < -0.3 is 15.4 Å². The molecule has 12 heteroatoms. The first-order chi connectivity index (χ1) is 17.5. The number of hydrogen-bond donors (Lipinski definition) is 2. The third kappa shape index (κ3) is 5.78. The Morgan fingerprint density at radius 3 is 1.97 bits per heavy atom. The summed E-state index contributed by atoms with van der Waals surface area (Å²) >= 11 is 0. The summed E-state index contributed by atoms with van der Waals surface area (Å²) in [6, 6.07) is 9.14. The molecule has 0 spiro atoms. The van der Waals surface area contributed by atoms with Gasteiger partial charge in [-0.05, 0) is 53.8 Å². The van der Waals surface area contributed by atoms with Crippen LogP contribution in [0.25, 0.3) is 0 Å². The SMILES string of the molecule is COc1ccc(C(=O)NC(C2=C(NCc3ccc(F)cc3)CC(C)(C)CC2=O)(C(F)(F)F)C(F)(F)F)cc1. The molecule has 3 rings (SSSR count). The lowest BCUT2D eigenvalue weighted by molar-refractivity contribution is -0.290. The Bertz CT molecular complexity index is 1200. The molecule has 0 unspecified atom stereocenters. The molecule has 38 heavy (non-hydrogen) atoms. The van der Waals surface area contributed by atoms with Crippen molar-refractivity contribution in [2.75, 3.05) is 7.11 Å². The number of halogens is 7. The standard InChI is InChI=1S/C26H25F7N2O3/c1-23(2)12-19(34-14-15-4-8-17(27)9-5-15)21(20(36)13-23)24(25(28,29)30,26(31,32)33)35-22(37)16-6-10-18(38-3)11-7-16/h4-11,34H,12-14H2,1-3H3,(H,35,37). The van der Waals surface area contributed by atoms with Gasteiger partial charge in [0.15, 0.2) is 5.78 Å². The van der Waals surface area contributed by atoms with Crippen LogP contribution >= 0.6 is 0 Å². The van der Waals surface area contributed by atoms with E-state index in [1.165, 1.54) is 45.2 Å². The van der Waals surface area contributed by atoms with Crippen LogP contribution in [0.15, 0.2) is 59.8 Å². The first-order valence-electron chi connectivity index (χ1n) is 11.4. The maximum absolute atomic E-state index is 14.6. The number of Topliss-reactive ketones (excluding diaryl/α,β-unsaturated/α-hetero) is 1. The van der Waals surface area contributed by atoms with Gasteiger partial charge in [0.25, 0.3) is 11.4 Å². The van der Waals surface area contributed by atoms with Crippen molar-refractivity contribution in [1.82, 2.24) is 10.6 Å². The number of hydrogen-bond acceptors (Lipinski definition) is 4. The van der Waals surface area contributed by atoms with Crippen LogP contribution in [0.4, 0.5) is 30.7 Å². The average Bonchev–Trinajstić information content (AvgIpc) is 2.80. The van der Waals surface area contributed by atoms with Crippen molar-refractivity contribution >= 4 is 11.7 Å². The zero-order valence-electron chi connectivity index (χ0n) is 20.6. The van der Waals surface area contributed by atoms with Crippen molar-refractivity contribution in [3.8, 4) is 5.75 Å². The molecule has 2 aromatic carbocycles. The monoisotopic (exact) mass is 546 g/mol. The van der Waals surface area contributed by atoms with Crippen LogP contribution < -0.4 is 15.4 Å². The molecule has 0 saturated carbocycles. The quantitative estimate of drug-likeness (QED) is 0.427. The summed E-state index contributed by atoms with van der Waals surface area (Å²) in [6.07, 6.45) is -13.3. The van der Waals surface area contributed by atoms with Gasteiger partial charge in [-0.25, -0.2) is 4.39 Å². The zero-order valence-corrected chi connectivity index (χ0v) is 20.6. The number of alkyl halides is 6. The Labute approximate surface area is 214 Å². The summed E-state index contributed by atoms with van der Waals surface area (Å²) in [5.41, 5.74) is -8.37. The molecule has 0 saturated heterocycles. The fraction of sp³-hybridized carbons (Fsp3) is 0.385. The molecule has 5 nitrogen and oxygen atoms in total. The zero-order chi connectivity index (χ0) is 28.5. The van der Waals surface area contributed by atoms with E-state index >= 15 is 0 Å². The first-order valence-corrected chi connectivity index (χ1v) is 11.4. The second-order valence-electron chi connectivity index (χ2n) is 9.70. The van der Waals surface area contributed by atoms with E-state index in [-0.39, 0.29) is 18.7 Å². The van der Waals surface area contributed by atoms with Crippen molar-refractivity contribution in [2.24, 2.45) is 5.41 Å². The van der Waals surface area contributed by atoms with Gasteiger partial charge in [0.05, 0.1) is 12.7 Å². The molecule has 206 valence electrons. The van der Waals surface area contributed by atoms with Crippen molar-refractivity contribution < 1.29 is 45.1 Å². The lowest BCUT2D eigenvalue weighted by Crippen LogP contribution is -2.70. The van der Waals surface area contributed by atoms with Crippen molar-refractivity contribution in [3.63, 3.8) is 0 Å². The van der Waals surface area contributed by atoms with Crippen LogP contribution in [0.3, 0.4) is 0 Å². The molecule has 2 aromatic rings. The Balaban J connectivity index is 2.19. The number of benzene rings is 2. The summed E-state index contributed by atoms with van der Waals surface area (Å²) in [4.78, 5) is 25.9. The summed E-state index contributed by atoms with van der Waals surface area (Å²) in [7, 11) is 1.29. The van der Waals surface area contributed by atoms with E-state index in [1.807, 2.05) is 0 Å². The van der Waals surface area contributed by atoms with Crippen LogP contribution in [-0.2, 0) is 11.3 Å². The normalized spacial score (nSPS) is 16.3. The van der Waals surface area contributed by atoms with Crippen molar-refractivity contribution in [2.45, 2.75) is 51.1 Å². The third-order valence-corrected chi connectivity index (χ3v) is 6.17. The Hall–Kier alpha value is -3.57. The minimum Gasteiger partial charge on any atom is -0.497 e. The summed E-state index contributed by atoms with van der Waals surface area (Å²) in [5.74, 6) is -3.46. The molecule has 0 fully saturated rings. The van der Waals surface area contributed by atoms with E-state index in [9.17, 15) is 40.3 Å². The van der Waals surface area contributed by atoms with Crippen LogP contribution in [0.2, 0.25) is 0 Å². The molecular formula is C26H25F7N2O3. The van der Waals surface area contributed by atoms with Crippen LogP contribution in [0.1, 0.15) is 42.6 Å². The number of allylic oxidation sites excluding steroid dienone is 1. The minimum atomic E-state index is -6.15. The Kier molecular flexibility index (Phi) is 7.86. The Morgan fingerprint density at radius 1 is 0.921 bits per heavy atom. The number of rotatable bonds is 7. The van der Waals surface area contributed by atoms with E-state index in [4.69, 9.17) is 4.74 Å². The smallest absolute Gasteiger partial charge is 0.425 e. The lowest BCUT2D eigenvalue weighted by atomic mass is 9.70. The second kappa shape index (κ2) is 10.3. The molecule has 0 aliphatic heterocycles. The van der Waals surface area contributed by atoms with Crippen LogP contribution in [0, 0.1) is 11.2 Å². The predicted molar refractivity (Wildman–Crippen MR) is 124 cm³/mol. The molecule has 0 aromatic heterocycles. The average molecular weight is 546 g/mol. The van der Waals surface area contributed by atoms with E-state index in [0.717, 1.165) is 29.6 Å². The highest BCUT2D eigenvalue weighted by molar-refractivity contribution is 6.02. The minimum absolute atomic E-state index is 0.221. The fourth-order valence-electron chi connectivity index (χ4n) is 4.35. The number of nitrogens with one attached hydrogen (secondary N) is 2. The van der Waals surface area contributed by atoms with Crippen LogP contribution in [-0.4, -0.2) is 36.7 Å².